The number of hydrogen-bond donors (Lipinski definition) is 1. The lowest BCUT2D eigenvalue weighted by Gasteiger charge is -2.16. The van der Waals surface area contributed by atoms with E-state index in [9.17, 15) is 4.79 Å². The lowest BCUT2D eigenvalue weighted by atomic mass is 10.1. The fourth-order valence-corrected chi connectivity index (χ4v) is 1.84. The second kappa shape index (κ2) is 4.73. The number of carbonyl (C=O) groups is 1. The Morgan fingerprint density at radius 2 is 2.22 bits per heavy atom. The summed E-state index contributed by atoms with van der Waals surface area (Å²) in [6.07, 6.45) is 0. The summed E-state index contributed by atoms with van der Waals surface area (Å²) >= 11 is 0. The maximum atomic E-state index is 12.3. The Morgan fingerprint density at radius 1 is 1.50 bits per heavy atom. The van der Waals surface area contributed by atoms with E-state index >= 15 is 0 Å². The summed E-state index contributed by atoms with van der Waals surface area (Å²) in [5, 5.41) is 13.3. The summed E-state index contributed by atoms with van der Waals surface area (Å²) in [5.41, 5.74) is 2.21. The first-order valence-electron chi connectivity index (χ1n) is 5.64. The predicted octanol–water partition coefficient (Wildman–Crippen LogP) is 0.904. The van der Waals surface area contributed by atoms with Gasteiger partial charge >= 0.3 is 0 Å². The van der Waals surface area contributed by atoms with Crippen molar-refractivity contribution >= 4 is 17.0 Å². The van der Waals surface area contributed by atoms with Gasteiger partial charge in [0.25, 0.3) is 11.6 Å². The highest BCUT2D eigenvalue weighted by Crippen LogP contribution is 2.22. The summed E-state index contributed by atoms with van der Waals surface area (Å²) in [5.74, 6) is -0.175. The van der Waals surface area contributed by atoms with Crippen LogP contribution in [0.4, 0.5) is 0 Å². The average molecular weight is 249 g/mol. The molecule has 6 heteroatoms. The Balaban J connectivity index is 2.55. The lowest BCUT2D eigenvalue weighted by Crippen LogP contribution is -2.29. The molecule has 2 aromatic rings. The average Bonchev–Trinajstić information content (AvgIpc) is 2.69. The molecule has 0 fully saturated rings. The smallest absolute Gasteiger partial charge is 0.258 e. The van der Waals surface area contributed by atoms with Crippen LogP contribution in [-0.2, 0) is 0 Å². The molecule has 96 valence electrons. The molecule has 0 saturated carbocycles. The summed E-state index contributed by atoms with van der Waals surface area (Å²) < 4.78 is 5.08. The highest BCUT2D eigenvalue weighted by molar-refractivity contribution is 6.05. The fraction of sp³-hybridized carbons (Fsp3) is 0.417. The molecule has 1 N–H and O–H groups in total. The van der Waals surface area contributed by atoms with Gasteiger partial charge < -0.3 is 14.5 Å². The highest BCUT2D eigenvalue weighted by atomic mass is 16.5. The molecule has 1 amide bonds. The van der Waals surface area contributed by atoms with Crippen molar-refractivity contribution in [3.8, 4) is 0 Å². The molecular formula is C12H15N3O3. The Bertz CT molecular complexity index is 592. The molecule has 0 spiro atoms. The van der Waals surface area contributed by atoms with E-state index in [2.05, 4.69) is 10.1 Å². The number of aliphatic hydroxyl groups excluding tert-OH is 1. The van der Waals surface area contributed by atoms with Crippen molar-refractivity contribution < 1.29 is 14.4 Å². The summed E-state index contributed by atoms with van der Waals surface area (Å²) in [4.78, 5) is 17.9. The van der Waals surface area contributed by atoms with Crippen LogP contribution in [0.25, 0.3) is 11.1 Å². The van der Waals surface area contributed by atoms with Crippen molar-refractivity contribution in [2.75, 3.05) is 20.2 Å². The van der Waals surface area contributed by atoms with Gasteiger partial charge in [-0.25, -0.2) is 4.98 Å². The zero-order valence-corrected chi connectivity index (χ0v) is 10.6. The SMILES string of the molecule is Cc1cc(C(=O)N(C)CCO)c2c(C)noc2n1. The molecule has 18 heavy (non-hydrogen) atoms. The minimum absolute atomic E-state index is 0.0714. The number of aryl methyl sites for hydroxylation is 2. The minimum atomic E-state index is -0.175. The highest BCUT2D eigenvalue weighted by Gasteiger charge is 2.20. The molecule has 2 aromatic heterocycles. The second-order valence-electron chi connectivity index (χ2n) is 4.21. The number of hydrogen-bond acceptors (Lipinski definition) is 5. The number of rotatable bonds is 3. The molecule has 0 aromatic carbocycles. The number of likely N-dealkylation sites (N-methyl/N-ethyl adjacent to an activating group) is 1. The quantitative estimate of drug-likeness (QED) is 0.874. The van der Waals surface area contributed by atoms with E-state index in [1.165, 1.54) is 4.90 Å². The van der Waals surface area contributed by atoms with Gasteiger partial charge in [0.2, 0.25) is 0 Å². The maximum Gasteiger partial charge on any atom is 0.258 e. The zero-order valence-electron chi connectivity index (χ0n) is 10.6. The van der Waals surface area contributed by atoms with Crippen LogP contribution in [0, 0.1) is 13.8 Å². The number of nitrogens with zero attached hydrogens (tertiary/aromatic N) is 3. The van der Waals surface area contributed by atoms with Gasteiger partial charge in [-0.15, -0.1) is 0 Å². The van der Waals surface area contributed by atoms with Crippen LogP contribution in [0.2, 0.25) is 0 Å². The Hall–Kier alpha value is -1.95. The van der Waals surface area contributed by atoms with E-state index in [1.54, 1.807) is 27.0 Å². The van der Waals surface area contributed by atoms with Gasteiger partial charge in [0.1, 0.15) is 0 Å². The molecule has 0 aliphatic carbocycles. The van der Waals surface area contributed by atoms with Crippen molar-refractivity contribution in [2.45, 2.75) is 13.8 Å². The molecule has 0 aliphatic rings. The van der Waals surface area contributed by atoms with Gasteiger partial charge in [0.05, 0.1) is 23.3 Å². The fourth-order valence-electron chi connectivity index (χ4n) is 1.84. The Morgan fingerprint density at radius 3 is 2.89 bits per heavy atom. The predicted molar refractivity (Wildman–Crippen MR) is 65.3 cm³/mol. The van der Waals surface area contributed by atoms with Gasteiger partial charge in [-0.2, -0.15) is 0 Å². The number of amides is 1. The zero-order chi connectivity index (χ0) is 13.3. The third-order valence-corrected chi connectivity index (χ3v) is 2.76. The van der Waals surface area contributed by atoms with Gasteiger partial charge in [-0.3, -0.25) is 4.79 Å². The monoisotopic (exact) mass is 249 g/mol. The van der Waals surface area contributed by atoms with Crippen LogP contribution in [0.15, 0.2) is 10.6 Å². The first-order valence-corrected chi connectivity index (χ1v) is 5.64. The van der Waals surface area contributed by atoms with Crippen LogP contribution in [0.5, 0.6) is 0 Å². The van der Waals surface area contributed by atoms with Crippen LogP contribution in [0.1, 0.15) is 21.7 Å². The normalized spacial score (nSPS) is 10.9. The number of fused-ring (bicyclic) bond motifs is 1. The lowest BCUT2D eigenvalue weighted by molar-refractivity contribution is 0.0768. The topological polar surface area (TPSA) is 79.5 Å². The van der Waals surface area contributed by atoms with Crippen LogP contribution in [0.3, 0.4) is 0 Å². The molecule has 0 radical (unpaired) electrons. The number of aromatic nitrogens is 2. The van der Waals surface area contributed by atoms with E-state index < -0.39 is 0 Å². The standard InChI is InChI=1S/C12H15N3O3/c1-7-6-9(12(17)15(3)4-5-16)10-8(2)14-18-11(10)13-7/h6,16H,4-5H2,1-3H3. The minimum Gasteiger partial charge on any atom is -0.395 e. The first-order chi connectivity index (χ1) is 8.54. The first kappa shape index (κ1) is 12.5. The van der Waals surface area contributed by atoms with Crippen molar-refractivity contribution in [3.05, 3.63) is 23.0 Å². The van der Waals surface area contributed by atoms with Gasteiger partial charge in [0.15, 0.2) is 0 Å². The van der Waals surface area contributed by atoms with Gasteiger partial charge in [-0.05, 0) is 19.9 Å². The van der Waals surface area contributed by atoms with Gasteiger partial charge in [-0.1, -0.05) is 5.16 Å². The number of carbonyl (C=O) groups excluding carboxylic acids is 1. The van der Waals surface area contributed by atoms with E-state index in [0.29, 0.717) is 28.1 Å². The number of pyridine rings is 1. The molecule has 0 atom stereocenters. The largest absolute Gasteiger partial charge is 0.395 e. The maximum absolute atomic E-state index is 12.3. The van der Waals surface area contributed by atoms with E-state index in [1.807, 2.05) is 0 Å². The Kier molecular flexibility index (Phi) is 3.29. The van der Waals surface area contributed by atoms with Gasteiger partial charge in [0, 0.05) is 19.3 Å². The van der Waals surface area contributed by atoms with Crippen LogP contribution < -0.4 is 0 Å². The van der Waals surface area contributed by atoms with Crippen molar-refractivity contribution in [1.29, 1.82) is 0 Å². The van der Waals surface area contributed by atoms with Crippen molar-refractivity contribution in [3.63, 3.8) is 0 Å². The van der Waals surface area contributed by atoms with E-state index in [0.717, 1.165) is 0 Å². The third-order valence-electron chi connectivity index (χ3n) is 2.76. The Labute approximate surface area is 104 Å². The molecule has 2 rings (SSSR count). The summed E-state index contributed by atoms with van der Waals surface area (Å²) in [6, 6.07) is 1.71. The summed E-state index contributed by atoms with van der Waals surface area (Å²) in [6.45, 7) is 3.77. The van der Waals surface area contributed by atoms with E-state index in [4.69, 9.17) is 9.63 Å². The molecule has 0 unspecified atom stereocenters. The van der Waals surface area contributed by atoms with Crippen molar-refractivity contribution in [2.24, 2.45) is 0 Å². The van der Waals surface area contributed by atoms with Crippen LogP contribution in [-0.4, -0.2) is 46.3 Å². The molecule has 6 nitrogen and oxygen atoms in total. The van der Waals surface area contributed by atoms with E-state index in [-0.39, 0.29) is 19.1 Å². The molecule has 0 aliphatic heterocycles. The number of aliphatic hydroxyl groups is 1. The molecule has 0 saturated heterocycles. The second-order valence-corrected chi connectivity index (χ2v) is 4.21. The third kappa shape index (κ3) is 2.06. The molecular weight excluding hydrogens is 234 g/mol. The molecule has 0 bridgehead atoms. The molecule has 2 heterocycles. The van der Waals surface area contributed by atoms with Crippen molar-refractivity contribution in [1.82, 2.24) is 15.0 Å². The summed E-state index contributed by atoms with van der Waals surface area (Å²) in [7, 11) is 1.64. The van der Waals surface area contributed by atoms with Crippen LogP contribution >= 0.6 is 0 Å².